The standard InChI is InChI=1S/C14H21NO2S/c1-11(8-15)9-18-10-13(14(16)17-2)12-6-4-3-5-7-12/h3-7,11,13H,8-10,15H2,1-2H3. The van der Waals surface area contributed by atoms with Crippen LogP contribution in [-0.2, 0) is 9.53 Å². The second kappa shape index (κ2) is 8.16. The molecule has 3 nitrogen and oxygen atoms in total. The molecule has 0 saturated carbocycles. The van der Waals surface area contributed by atoms with E-state index >= 15 is 0 Å². The fourth-order valence-corrected chi connectivity index (χ4v) is 2.82. The number of hydrogen-bond acceptors (Lipinski definition) is 4. The number of thioether (sulfide) groups is 1. The van der Waals surface area contributed by atoms with Gasteiger partial charge in [0.05, 0.1) is 13.0 Å². The van der Waals surface area contributed by atoms with E-state index in [1.165, 1.54) is 7.11 Å². The van der Waals surface area contributed by atoms with Gasteiger partial charge in [0.2, 0.25) is 0 Å². The summed E-state index contributed by atoms with van der Waals surface area (Å²) in [4.78, 5) is 11.8. The maximum absolute atomic E-state index is 11.8. The number of nitrogens with two attached hydrogens (primary N) is 1. The SMILES string of the molecule is COC(=O)C(CSCC(C)CN)c1ccccc1. The summed E-state index contributed by atoms with van der Waals surface area (Å²) in [7, 11) is 1.44. The van der Waals surface area contributed by atoms with E-state index in [9.17, 15) is 4.79 Å². The molecule has 4 heteroatoms. The monoisotopic (exact) mass is 267 g/mol. The first-order chi connectivity index (χ1) is 8.69. The van der Waals surface area contributed by atoms with Crippen molar-refractivity contribution < 1.29 is 9.53 Å². The number of rotatable bonds is 7. The van der Waals surface area contributed by atoms with Crippen molar-refractivity contribution in [2.24, 2.45) is 11.7 Å². The lowest BCUT2D eigenvalue weighted by Crippen LogP contribution is -2.18. The Hall–Kier alpha value is -1.00. The van der Waals surface area contributed by atoms with Gasteiger partial charge >= 0.3 is 5.97 Å². The molecule has 1 aromatic rings. The number of hydrogen-bond donors (Lipinski definition) is 1. The molecule has 0 radical (unpaired) electrons. The lowest BCUT2D eigenvalue weighted by molar-refractivity contribution is -0.141. The zero-order valence-corrected chi connectivity index (χ0v) is 11.8. The Labute approximate surface area is 113 Å². The molecule has 0 bridgehead atoms. The highest BCUT2D eigenvalue weighted by atomic mass is 32.2. The van der Waals surface area contributed by atoms with E-state index in [-0.39, 0.29) is 11.9 Å². The van der Waals surface area contributed by atoms with Crippen LogP contribution in [-0.4, -0.2) is 31.1 Å². The maximum Gasteiger partial charge on any atom is 0.313 e. The van der Waals surface area contributed by atoms with Gasteiger partial charge in [-0.05, 0) is 23.8 Å². The van der Waals surface area contributed by atoms with Gasteiger partial charge in [-0.15, -0.1) is 0 Å². The summed E-state index contributed by atoms with van der Waals surface area (Å²) in [6.45, 7) is 2.80. The topological polar surface area (TPSA) is 52.3 Å². The minimum Gasteiger partial charge on any atom is -0.469 e. The first-order valence-electron chi connectivity index (χ1n) is 6.09. The van der Waals surface area contributed by atoms with Crippen molar-refractivity contribution in [3.63, 3.8) is 0 Å². The number of carbonyl (C=O) groups is 1. The normalized spacial score (nSPS) is 13.9. The van der Waals surface area contributed by atoms with Gasteiger partial charge in [0.15, 0.2) is 0 Å². The predicted molar refractivity (Wildman–Crippen MR) is 76.7 cm³/mol. The van der Waals surface area contributed by atoms with E-state index in [0.29, 0.717) is 12.5 Å². The van der Waals surface area contributed by atoms with E-state index in [4.69, 9.17) is 10.5 Å². The molecule has 18 heavy (non-hydrogen) atoms. The van der Waals surface area contributed by atoms with E-state index in [1.54, 1.807) is 11.8 Å². The summed E-state index contributed by atoms with van der Waals surface area (Å²) < 4.78 is 4.87. The zero-order chi connectivity index (χ0) is 13.4. The molecule has 0 spiro atoms. The first kappa shape index (κ1) is 15.1. The molecule has 2 N–H and O–H groups in total. The number of methoxy groups -OCH3 is 1. The van der Waals surface area contributed by atoms with E-state index < -0.39 is 0 Å². The van der Waals surface area contributed by atoms with Gasteiger partial charge < -0.3 is 10.5 Å². The van der Waals surface area contributed by atoms with Gasteiger partial charge in [0.25, 0.3) is 0 Å². The first-order valence-corrected chi connectivity index (χ1v) is 7.25. The molecule has 0 aromatic heterocycles. The second-order valence-electron chi connectivity index (χ2n) is 4.36. The van der Waals surface area contributed by atoms with Gasteiger partial charge in [-0.2, -0.15) is 11.8 Å². The van der Waals surface area contributed by atoms with Gasteiger partial charge in [0.1, 0.15) is 0 Å². The third kappa shape index (κ3) is 4.70. The Balaban J connectivity index is 2.60. The molecule has 0 saturated heterocycles. The molecule has 0 amide bonds. The molecule has 1 rings (SSSR count). The Kier molecular flexibility index (Phi) is 6.83. The maximum atomic E-state index is 11.8. The number of benzene rings is 1. The van der Waals surface area contributed by atoms with Crippen LogP contribution in [0.3, 0.4) is 0 Å². The van der Waals surface area contributed by atoms with Crippen LogP contribution < -0.4 is 5.73 Å². The molecule has 0 fully saturated rings. The van der Waals surface area contributed by atoms with Gasteiger partial charge in [-0.1, -0.05) is 37.3 Å². The Morgan fingerprint density at radius 3 is 2.56 bits per heavy atom. The third-order valence-corrected chi connectivity index (χ3v) is 4.15. The summed E-state index contributed by atoms with van der Waals surface area (Å²) in [5.41, 5.74) is 6.59. The van der Waals surface area contributed by atoms with Crippen molar-refractivity contribution >= 4 is 17.7 Å². The Morgan fingerprint density at radius 2 is 2.00 bits per heavy atom. The van der Waals surface area contributed by atoms with Crippen LogP contribution in [0.4, 0.5) is 0 Å². The van der Waals surface area contributed by atoms with E-state index in [1.807, 2.05) is 30.3 Å². The Morgan fingerprint density at radius 1 is 1.33 bits per heavy atom. The predicted octanol–water partition coefficient (Wildman–Crippen LogP) is 2.27. The summed E-state index contributed by atoms with van der Waals surface area (Å²) >= 11 is 1.75. The number of esters is 1. The van der Waals surface area contributed by atoms with Gasteiger partial charge in [0, 0.05) is 5.75 Å². The molecular weight excluding hydrogens is 246 g/mol. The van der Waals surface area contributed by atoms with Crippen molar-refractivity contribution in [3.05, 3.63) is 35.9 Å². The molecule has 100 valence electrons. The summed E-state index contributed by atoms with van der Waals surface area (Å²) in [6, 6.07) is 9.77. The lowest BCUT2D eigenvalue weighted by atomic mass is 10.0. The number of carbonyl (C=O) groups excluding carboxylic acids is 1. The Bertz CT molecular complexity index is 356. The van der Waals surface area contributed by atoms with Crippen molar-refractivity contribution in [2.45, 2.75) is 12.8 Å². The summed E-state index contributed by atoms with van der Waals surface area (Å²) in [5.74, 6) is 1.82. The molecule has 2 unspecified atom stereocenters. The average Bonchev–Trinajstić information content (AvgIpc) is 2.43. The molecule has 0 aliphatic rings. The zero-order valence-electron chi connectivity index (χ0n) is 11.0. The molecule has 1 aromatic carbocycles. The number of ether oxygens (including phenoxy) is 1. The van der Waals surface area contributed by atoms with E-state index in [0.717, 1.165) is 17.1 Å². The van der Waals surface area contributed by atoms with Gasteiger partial charge in [-0.3, -0.25) is 4.79 Å². The average molecular weight is 267 g/mol. The van der Waals surface area contributed by atoms with Crippen molar-refractivity contribution in [1.29, 1.82) is 0 Å². The van der Waals surface area contributed by atoms with E-state index in [2.05, 4.69) is 6.92 Å². The molecule has 2 atom stereocenters. The quantitative estimate of drug-likeness (QED) is 0.770. The molecule has 0 heterocycles. The van der Waals surface area contributed by atoms with Crippen LogP contribution in [0.25, 0.3) is 0 Å². The van der Waals surface area contributed by atoms with Crippen LogP contribution in [0.1, 0.15) is 18.4 Å². The molecule has 0 aliphatic carbocycles. The highest BCUT2D eigenvalue weighted by Gasteiger charge is 2.21. The fraction of sp³-hybridized carbons (Fsp3) is 0.500. The largest absolute Gasteiger partial charge is 0.469 e. The second-order valence-corrected chi connectivity index (χ2v) is 5.44. The highest BCUT2D eigenvalue weighted by Crippen LogP contribution is 2.23. The van der Waals surface area contributed by atoms with Gasteiger partial charge in [-0.25, -0.2) is 0 Å². The van der Waals surface area contributed by atoms with Crippen LogP contribution in [0.2, 0.25) is 0 Å². The minimum absolute atomic E-state index is 0.172. The lowest BCUT2D eigenvalue weighted by Gasteiger charge is -2.15. The smallest absolute Gasteiger partial charge is 0.313 e. The van der Waals surface area contributed by atoms with Crippen molar-refractivity contribution in [1.82, 2.24) is 0 Å². The summed E-state index contributed by atoms with van der Waals surface area (Å²) in [5, 5.41) is 0. The van der Waals surface area contributed by atoms with Crippen molar-refractivity contribution in [3.8, 4) is 0 Å². The summed E-state index contributed by atoms with van der Waals surface area (Å²) in [6.07, 6.45) is 0. The van der Waals surface area contributed by atoms with Crippen LogP contribution in [0.15, 0.2) is 30.3 Å². The van der Waals surface area contributed by atoms with Crippen LogP contribution in [0, 0.1) is 5.92 Å². The fourth-order valence-electron chi connectivity index (χ4n) is 1.58. The minimum atomic E-state index is -0.189. The highest BCUT2D eigenvalue weighted by molar-refractivity contribution is 7.99. The molecular formula is C14H21NO2S. The molecule has 0 aliphatic heterocycles. The van der Waals surface area contributed by atoms with Crippen LogP contribution >= 0.6 is 11.8 Å². The third-order valence-electron chi connectivity index (χ3n) is 2.78. The van der Waals surface area contributed by atoms with Crippen LogP contribution in [0.5, 0.6) is 0 Å². The van der Waals surface area contributed by atoms with Crippen molar-refractivity contribution in [2.75, 3.05) is 25.2 Å².